The van der Waals surface area contributed by atoms with Gasteiger partial charge < -0.3 is 5.11 Å². The molecule has 0 amide bonds. The van der Waals surface area contributed by atoms with E-state index in [0.29, 0.717) is 18.5 Å². The van der Waals surface area contributed by atoms with Crippen molar-refractivity contribution in [1.82, 2.24) is 4.90 Å². The molecule has 3 nitrogen and oxygen atoms in total. The van der Waals surface area contributed by atoms with Crippen LogP contribution in [0.5, 0.6) is 0 Å². The van der Waals surface area contributed by atoms with Gasteiger partial charge in [-0.15, -0.1) is 0 Å². The molecule has 0 aliphatic heterocycles. The molecule has 2 rings (SSSR count). The lowest BCUT2D eigenvalue weighted by atomic mass is 9.78. The molecule has 0 aromatic rings. The minimum Gasteiger partial charge on any atom is -0.481 e. The summed E-state index contributed by atoms with van der Waals surface area (Å²) in [5.74, 6) is 0.958. The molecule has 18 heavy (non-hydrogen) atoms. The molecule has 0 radical (unpaired) electrons. The third-order valence-electron chi connectivity index (χ3n) is 4.70. The van der Waals surface area contributed by atoms with E-state index in [2.05, 4.69) is 18.7 Å². The van der Waals surface area contributed by atoms with E-state index in [0.717, 1.165) is 18.4 Å². The first-order valence-electron chi connectivity index (χ1n) is 7.55. The van der Waals surface area contributed by atoms with Gasteiger partial charge in [-0.3, -0.25) is 9.69 Å². The van der Waals surface area contributed by atoms with Crippen molar-refractivity contribution in [1.29, 1.82) is 0 Å². The normalized spacial score (nSPS) is 28.9. The Balaban J connectivity index is 1.90. The quantitative estimate of drug-likeness (QED) is 0.790. The fourth-order valence-electron chi connectivity index (χ4n) is 3.40. The summed E-state index contributed by atoms with van der Waals surface area (Å²) < 4.78 is 0. The molecule has 104 valence electrons. The van der Waals surface area contributed by atoms with Crippen LogP contribution in [0.15, 0.2) is 0 Å². The molecule has 0 saturated heterocycles. The van der Waals surface area contributed by atoms with Crippen LogP contribution in [-0.2, 0) is 4.79 Å². The van der Waals surface area contributed by atoms with Crippen molar-refractivity contribution in [2.75, 3.05) is 6.54 Å². The first-order valence-corrected chi connectivity index (χ1v) is 7.55. The maximum absolute atomic E-state index is 10.8. The average molecular weight is 253 g/mol. The van der Waals surface area contributed by atoms with Crippen LogP contribution >= 0.6 is 0 Å². The van der Waals surface area contributed by atoms with Gasteiger partial charge in [0, 0.05) is 18.6 Å². The standard InChI is InChI=1S/C15H27NO2/c1-11(2)12-4-3-5-14(10-12)16(13-6-7-13)9-8-15(17)18/h11-14H,3-10H2,1-2H3,(H,17,18). The van der Waals surface area contributed by atoms with Gasteiger partial charge >= 0.3 is 5.97 Å². The SMILES string of the molecule is CC(C)C1CCCC(N(CCC(=O)O)C2CC2)C1. The molecule has 3 heteroatoms. The molecule has 2 fully saturated rings. The van der Waals surface area contributed by atoms with Crippen LogP contribution in [0.1, 0.15) is 58.8 Å². The van der Waals surface area contributed by atoms with E-state index in [1.165, 1.54) is 38.5 Å². The fourth-order valence-corrected chi connectivity index (χ4v) is 3.40. The van der Waals surface area contributed by atoms with Gasteiger partial charge in [0.05, 0.1) is 6.42 Å². The van der Waals surface area contributed by atoms with Crippen LogP contribution in [0.2, 0.25) is 0 Å². The van der Waals surface area contributed by atoms with Gasteiger partial charge in [-0.05, 0) is 37.5 Å². The molecule has 2 unspecified atom stereocenters. The van der Waals surface area contributed by atoms with Crippen LogP contribution in [-0.4, -0.2) is 34.6 Å². The largest absolute Gasteiger partial charge is 0.481 e. The van der Waals surface area contributed by atoms with Crippen molar-refractivity contribution >= 4 is 5.97 Å². The minimum atomic E-state index is -0.656. The summed E-state index contributed by atoms with van der Waals surface area (Å²) in [6, 6.07) is 1.35. The van der Waals surface area contributed by atoms with Gasteiger partial charge in [0.15, 0.2) is 0 Å². The summed E-state index contributed by atoms with van der Waals surface area (Å²) in [5.41, 5.74) is 0. The van der Waals surface area contributed by atoms with Crippen molar-refractivity contribution in [3.8, 4) is 0 Å². The Morgan fingerprint density at radius 1 is 1.22 bits per heavy atom. The highest BCUT2D eigenvalue weighted by atomic mass is 16.4. The van der Waals surface area contributed by atoms with Crippen LogP contribution in [0.25, 0.3) is 0 Å². The molecule has 0 aromatic carbocycles. The molecule has 0 spiro atoms. The van der Waals surface area contributed by atoms with E-state index < -0.39 is 5.97 Å². The highest BCUT2D eigenvalue weighted by Crippen LogP contribution is 2.37. The molecular weight excluding hydrogens is 226 g/mol. The van der Waals surface area contributed by atoms with Crippen molar-refractivity contribution < 1.29 is 9.90 Å². The van der Waals surface area contributed by atoms with Gasteiger partial charge in [-0.25, -0.2) is 0 Å². The van der Waals surface area contributed by atoms with Crippen molar-refractivity contribution in [3.05, 3.63) is 0 Å². The Bertz CT molecular complexity index is 286. The monoisotopic (exact) mass is 253 g/mol. The zero-order valence-corrected chi connectivity index (χ0v) is 11.8. The summed E-state index contributed by atoms with van der Waals surface area (Å²) in [4.78, 5) is 13.3. The number of nitrogens with zero attached hydrogens (tertiary/aromatic N) is 1. The Morgan fingerprint density at radius 3 is 2.50 bits per heavy atom. The highest BCUT2D eigenvalue weighted by molar-refractivity contribution is 5.66. The third-order valence-corrected chi connectivity index (χ3v) is 4.70. The average Bonchev–Trinajstić information content (AvgIpc) is 3.14. The summed E-state index contributed by atoms with van der Waals surface area (Å²) in [6.45, 7) is 5.41. The van der Waals surface area contributed by atoms with E-state index in [1.54, 1.807) is 0 Å². The number of aliphatic carboxylic acids is 1. The first kappa shape index (κ1) is 13.9. The van der Waals surface area contributed by atoms with E-state index in [1.807, 2.05) is 0 Å². The number of rotatable bonds is 6. The van der Waals surface area contributed by atoms with E-state index >= 15 is 0 Å². The van der Waals surface area contributed by atoms with Crippen molar-refractivity contribution in [2.45, 2.75) is 70.9 Å². The molecular formula is C15H27NO2. The molecule has 2 saturated carbocycles. The molecule has 0 heterocycles. The predicted octanol–water partition coefficient (Wildman–Crippen LogP) is 3.14. The van der Waals surface area contributed by atoms with Crippen LogP contribution in [0.4, 0.5) is 0 Å². The fraction of sp³-hybridized carbons (Fsp3) is 0.933. The lowest BCUT2D eigenvalue weighted by molar-refractivity contribution is -0.137. The second kappa shape index (κ2) is 6.05. The smallest absolute Gasteiger partial charge is 0.304 e. The number of carboxylic acids is 1. The zero-order valence-electron chi connectivity index (χ0n) is 11.8. The van der Waals surface area contributed by atoms with Crippen LogP contribution in [0, 0.1) is 11.8 Å². The molecule has 2 aliphatic carbocycles. The predicted molar refractivity (Wildman–Crippen MR) is 72.6 cm³/mol. The highest BCUT2D eigenvalue weighted by Gasteiger charge is 2.36. The van der Waals surface area contributed by atoms with E-state index in [-0.39, 0.29) is 0 Å². The number of carbonyl (C=O) groups is 1. The Labute approximate surface area is 111 Å². The summed E-state index contributed by atoms with van der Waals surface area (Å²) >= 11 is 0. The van der Waals surface area contributed by atoms with Crippen molar-refractivity contribution in [2.24, 2.45) is 11.8 Å². The third kappa shape index (κ3) is 3.71. The Kier molecular flexibility index (Phi) is 4.66. The lowest BCUT2D eigenvalue weighted by Crippen LogP contribution is -2.42. The van der Waals surface area contributed by atoms with Crippen LogP contribution < -0.4 is 0 Å². The molecule has 1 N–H and O–H groups in total. The number of carboxylic acid groups (broad SMARTS) is 1. The van der Waals surface area contributed by atoms with Crippen molar-refractivity contribution in [3.63, 3.8) is 0 Å². The molecule has 0 bridgehead atoms. The van der Waals surface area contributed by atoms with Gasteiger partial charge in [-0.1, -0.05) is 26.7 Å². The second-order valence-electron chi connectivity index (χ2n) is 6.44. The zero-order chi connectivity index (χ0) is 13.1. The minimum absolute atomic E-state index is 0.305. The second-order valence-corrected chi connectivity index (χ2v) is 6.44. The van der Waals surface area contributed by atoms with Gasteiger partial charge in [0.1, 0.15) is 0 Å². The number of hydrogen-bond donors (Lipinski definition) is 1. The van der Waals surface area contributed by atoms with E-state index in [4.69, 9.17) is 5.11 Å². The Morgan fingerprint density at radius 2 is 1.94 bits per heavy atom. The van der Waals surface area contributed by atoms with Gasteiger partial charge in [0.25, 0.3) is 0 Å². The topological polar surface area (TPSA) is 40.5 Å². The number of hydrogen-bond acceptors (Lipinski definition) is 2. The molecule has 2 atom stereocenters. The van der Waals surface area contributed by atoms with Crippen LogP contribution in [0.3, 0.4) is 0 Å². The maximum atomic E-state index is 10.8. The molecule has 2 aliphatic rings. The summed E-state index contributed by atoms with van der Waals surface area (Å²) in [7, 11) is 0. The maximum Gasteiger partial charge on any atom is 0.304 e. The van der Waals surface area contributed by atoms with Gasteiger partial charge in [-0.2, -0.15) is 0 Å². The van der Waals surface area contributed by atoms with Gasteiger partial charge in [0.2, 0.25) is 0 Å². The van der Waals surface area contributed by atoms with E-state index in [9.17, 15) is 4.79 Å². The summed E-state index contributed by atoms with van der Waals surface area (Å²) in [5, 5.41) is 8.88. The Hall–Kier alpha value is -0.570. The lowest BCUT2D eigenvalue weighted by Gasteiger charge is -2.39. The first-order chi connectivity index (χ1) is 8.58. The molecule has 0 aromatic heterocycles. The summed E-state index contributed by atoms with van der Waals surface area (Å²) in [6.07, 6.45) is 8.12.